The highest BCUT2D eigenvalue weighted by atomic mass is 32.2. The van der Waals surface area contributed by atoms with Gasteiger partial charge in [-0.05, 0) is 36.3 Å². The maximum atomic E-state index is 13.2. The summed E-state index contributed by atoms with van der Waals surface area (Å²) in [5, 5.41) is 14.8. The number of urea groups is 1. The fourth-order valence-corrected chi connectivity index (χ4v) is 5.44. The van der Waals surface area contributed by atoms with Gasteiger partial charge in [0.05, 0.1) is 10.6 Å². The lowest BCUT2D eigenvalue weighted by atomic mass is 9.87. The molecule has 0 spiro atoms. The molecule has 9 nitrogen and oxygen atoms in total. The first-order valence-corrected chi connectivity index (χ1v) is 12.5. The Bertz CT molecular complexity index is 1190. The Labute approximate surface area is 198 Å². The summed E-state index contributed by atoms with van der Waals surface area (Å²) in [7, 11) is 0. The summed E-state index contributed by atoms with van der Waals surface area (Å²) < 4.78 is 2.08. The molecule has 0 radical (unpaired) electrons. The van der Waals surface area contributed by atoms with Crippen molar-refractivity contribution in [3.63, 3.8) is 0 Å². The molecule has 33 heavy (non-hydrogen) atoms. The second kappa shape index (κ2) is 8.64. The first-order chi connectivity index (χ1) is 16.0. The SMILES string of the molecule is CCC1(c2ccccc2)NC(=O)N(NC(=O)CSc2nnc(-c3cccs3)n2C2CC2)C1=O. The number of thiophene rings is 1. The van der Waals surface area contributed by atoms with Gasteiger partial charge in [0.15, 0.2) is 11.0 Å². The van der Waals surface area contributed by atoms with E-state index < -0.39 is 23.4 Å². The van der Waals surface area contributed by atoms with Gasteiger partial charge in [0.25, 0.3) is 5.91 Å². The molecule has 2 aliphatic rings. The summed E-state index contributed by atoms with van der Waals surface area (Å²) in [6.07, 6.45) is 2.47. The van der Waals surface area contributed by atoms with E-state index in [0.29, 0.717) is 23.2 Å². The number of nitrogens with one attached hydrogen (secondary N) is 2. The van der Waals surface area contributed by atoms with Crippen LogP contribution in [-0.2, 0) is 15.1 Å². The molecule has 1 atom stereocenters. The average molecular weight is 483 g/mol. The molecule has 4 amide bonds. The zero-order valence-corrected chi connectivity index (χ0v) is 19.5. The highest BCUT2D eigenvalue weighted by Gasteiger charge is 2.52. The minimum Gasteiger partial charge on any atom is -0.318 e. The van der Waals surface area contributed by atoms with Crippen molar-refractivity contribution in [1.29, 1.82) is 0 Å². The number of nitrogens with zero attached hydrogens (tertiary/aromatic N) is 4. The molecule has 1 saturated heterocycles. The van der Waals surface area contributed by atoms with Crippen molar-refractivity contribution < 1.29 is 14.4 Å². The Kier molecular flexibility index (Phi) is 5.67. The van der Waals surface area contributed by atoms with Crippen LogP contribution in [0, 0.1) is 0 Å². The van der Waals surface area contributed by atoms with Crippen molar-refractivity contribution in [1.82, 2.24) is 30.5 Å². The highest BCUT2D eigenvalue weighted by molar-refractivity contribution is 7.99. The zero-order valence-electron chi connectivity index (χ0n) is 17.9. The molecule has 1 aromatic carbocycles. The molecule has 1 unspecified atom stereocenters. The Morgan fingerprint density at radius 2 is 2.00 bits per heavy atom. The van der Waals surface area contributed by atoms with E-state index in [4.69, 9.17) is 0 Å². The van der Waals surface area contributed by atoms with Crippen molar-refractivity contribution in [2.75, 3.05) is 5.75 Å². The number of carbonyl (C=O) groups is 3. The van der Waals surface area contributed by atoms with Crippen molar-refractivity contribution in [2.24, 2.45) is 0 Å². The van der Waals surface area contributed by atoms with Crippen molar-refractivity contribution >= 4 is 40.9 Å². The van der Waals surface area contributed by atoms with Gasteiger partial charge >= 0.3 is 6.03 Å². The predicted octanol–water partition coefficient (Wildman–Crippen LogP) is 3.32. The molecule has 1 saturated carbocycles. The summed E-state index contributed by atoms with van der Waals surface area (Å²) in [4.78, 5) is 39.4. The van der Waals surface area contributed by atoms with E-state index in [0.717, 1.165) is 28.6 Å². The number of hydrogen-bond acceptors (Lipinski definition) is 7. The van der Waals surface area contributed by atoms with E-state index in [1.807, 2.05) is 42.6 Å². The third kappa shape index (κ3) is 3.91. The fraction of sp³-hybridized carbons (Fsp3) is 0.318. The van der Waals surface area contributed by atoms with Gasteiger partial charge < -0.3 is 5.32 Å². The second-order valence-corrected chi connectivity index (χ2v) is 9.79. The summed E-state index contributed by atoms with van der Waals surface area (Å²) in [5.74, 6) is -0.163. The van der Waals surface area contributed by atoms with Crippen molar-refractivity contribution in [3.8, 4) is 10.7 Å². The number of aromatic nitrogens is 3. The van der Waals surface area contributed by atoms with Crippen LogP contribution in [0.5, 0.6) is 0 Å². The standard InChI is InChI=1S/C22H22N6O3S2/c1-2-22(14-7-4-3-5-8-14)19(30)28(20(31)23-22)26-17(29)13-33-21-25-24-18(16-9-6-12-32-16)27(21)15-10-11-15/h3-9,12,15H,2,10-11,13H2,1H3,(H,23,31)(H,26,29). The van der Waals surface area contributed by atoms with Gasteiger partial charge in [0, 0.05) is 6.04 Å². The van der Waals surface area contributed by atoms with Crippen LogP contribution in [-0.4, -0.2) is 43.4 Å². The Balaban J connectivity index is 1.28. The van der Waals surface area contributed by atoms with Crippen LogP contribution in [0.3, 0.4) is 0 Å². The average Bonchev–Trinajstić information content (AvgIpc) is 3.26. The number of imide groups is 1. The molecule has 2 N–H and O–H groups in total. The topological polar surface area (TPSA) is 109 Å². The van der Waals surface area contributed by atoms with Gasteiger partial charge in [0.1, 0.15) is 5.54 Å². The summed E-state index contributed by atoms with van der Waals surface area (Å²) in [6, 6.07) is 12.7. The molecule has 3 heterocycles. The molecular formula is C22H22N6O3S2. The molecule has 5 rings (SSSR count). The van der Waals surface area contributed by atoms with E-state index in [1.165, 1.54) is 11.8 Å². The molecule has 1 aliphatic heterocycles. The largest absolute Gasteiger partial charge is 0.344 e. The number of amides is 4. The van der Waals surface area contributed by atoms with Gasteiger partial charge in [-0.25, -0.2) is 4.79 Å². The second-order valence-electron chi connectivity index (χ2n) is 7.90. The first-order valence-electron chi connectivity index (χ1n) is 10.7. The lowest BCUT2D eigenvalue weighted by Crippen LogP contribution is -2.49. The highest BCUT2D eigenvalue weighted by Crippen LogP contribution is 2.41. The van der Waals surface area contributed by atoms with Gasteiger partial charge in [-0.2, -0.15) is 5.01 Å². The maximum Gasteiger partial charge on any atom is 0.344 e. The number of hydrazine groups is 1. The third-order valence-electron chi connectivity index (χ3n) is 5.78. The zero-order chi connectivity index (χ0) is 23.0. The summed E-state index contributed by atoms with van der Waals surface area (Å²) in [6.45, 7) is 1.82. The van der Waals surface area contributed by atoms with Crippen LogP contribution in [0.4, 0.5) is 4.79 Å². The van der Waals surface area contributed by atoms with Gasteiger partial charge in [-0.3, -0.25) is 19.6 Å². The van der Waals surface area contributed by atoms with Gasteiger partial charge in [-0.1, -0.05) is 55.1 Å². The van der Waals surface area contributed by atoms with Gasteiger partial charge in [-0.15, -0.1) is 21.5 Å². The lowest BCUT2D eigenvalue weighted by Gasteiger charge is -2.25. The third-order valence-corrected chi connectivity index (χ3v) is 7.58. The van der Waals surface area contributed by atoms with Crippen LogP contribution in [0.15, 0.2) is 53.0 Å². The normalized spacial score (nSPS) is 20.2. The van der Waals surface area contributed by atoms with E-state index in [2.05, 4.69) is 25.5 Å². The minimum absolute atomic E-state index is 0.00316. The molecule has 2 aromatic heterocycles. The van der Waals surface area contributed by atoms with E-state index in [1.54, 1.807) is 23.5 Å². The summed E-state index contributed by atoms with van der Waals surface area (Å²) in [5.41, 5.74) is 1.95. The molecule has 3 aromatic rings. The first kappa shape index (κ1) is 21.7. The van der Waals surface area contributed by atoms with Crippen molar-refractivity contribution in [2.45, 2.75) is 42.9 Å². The molecule has 2 fully saturated rings. The van der Waals surface area contributed by atoms with Crippen LogP contribution >= 0.6 is 23.1 Å². The van der Waals surface area contributed by atoms with Crippen molar-refractivity contribution in [3.05, 3.63) is 53.4 Å². The quantitative estimate of drug-likeness (QED) is 0.377. The molecular weight excluding hydrogens is 460 g/mol. The minimum atomic E-state index is -1.19. The molecule has 170 valence electrons. The van der Waals surface area contributed by atoms with E-state index >= 15 is 0 Å². The Morgan fingerprint density at radius 1 is 1.21 bits per heavy atom. The number of hydrogen-bond donors (Lipinski definition) is 2. The van der Waals surface area contributed by atoms with Gasteiger partial charge in [0.2, 0.25) is 5.91 Å². The summed E-state index contributed by atoms with van der Waals surface area (Å²) >= 11 is 2.84. The van der Waals surface area contributed by atoms with Crippen LogP contribution in [0.1, 0.15) is 37.8 Å². The maximum absolute atomic E-state index is 13.2. The fourth-order valence-electron chi connectivity index (χ4n) is 3.94. The molecule has 1 aliphatic carbocycles. The number of carbonyl (C=O) groups excluding carboxylic acids is 3. The smallest absolute Gasteiger partial charge is 0.318 e. The van der Waals surface area contributed by atoms with E-state index in [9.17, 15) is 14.4 Å². The molecule has 11 heteroatoms. The van der Waals surface area contributed by atoms with E-state index in [-0.39, 0.29) is 5.75 Å². The Morgan fingerprint density at radius 3 is 2.67 bits per heavy atom. The number of rotatable bonds is 8. The molecule has 0 bridgehead atoms. The lowest BCUT2D eigenvalue weighted by molar-refractivity contribution is -0.138. The van der Waals surface area contributed by atoms with Crippen LogP contribution in [0.25, 0.3) is 10.7 Å². The van der Waals surface area contributed by atoms with Crippen LogP contribution < -0.4 is 10.7 Å². The number of benzene rings is 1. The Hall–Kier alpha value is -3.18. The number of thioether (sulfide) groups is 1. The van der Waals surface area contributed by atoms with Crippen LogP contribution in [0.2, 0.25) is 0 Å². The monoisotopic (exact) mass is 482 g/mol. The predicted molar refractivity (Wildman–Crippen MR) is 124 cm³/mol.